The van der Waals surface area contributed by atoms with Gasteiger partial charge in [0.15, 0.2) is 6.04 Å². The Hall–Kier alpha value is 0.236. The maximum Gasteiger partial charge on any atom is 1.00 e. The Morgan fingerprint density at radius 1 is 1.08 bits per heavy atom. The third-order valence-corrected chi connectivity index (χ3v) is 4.67. The Kier molecular flexibility index (Phi) is 16.8. The van der Waals surface area contributed by atoms with Gasteiger partial charge in [-0.3, -0.25) is 4.48 Å². The fourth-order valence-corrected chi connectivity index (χ4v) is 3.46. The number of aliphatic hydroxyl groups is 1. The number of aliphatic hydroxyl groups excluding tert-OH is 1. The number of rotatable bonds is 14. The van der Waals surface area contributed by atoms with Crippen molar-refractivity contribution in [2.45, 2.75) is 71.4 Å². The molecule has 0 amide bonds. The van der Waals surface area contributed by atoms with Gasteiger partial charge in [-0.05, 0) is 18.9 Å². The zero-order chi connectivity index (χ0) is 18.6. The van der Waals surface area contributed by atoms with Crippen LogP contribution < -0.4 is 56.5 Å². The number of carboxylic acids is 2. The Morgan fingerprint density at radius 3 is 2.08 bits per heavy atom. The number of hydrogen-bond donors (Lipinski definition) is 2. The van der Waals surface area contributed by atoms with E-state index >= 15 is 0 Å². The van der Waals surface area contributed by atoms with Crippen LogP contribution in [-0.4, -0.2) is 58.4 Å². The van der Waals surface area contributed by atoms with E-state index in [9.17, 15) is 24.9 Å². The van der Waals surface area contributed by atoms with Crippen LogP contribution in [0.2, 0.25) is 0 Å². The van der Waals surface area contributed by atoms with E-state index in [1.54, 1.807) is 13.8 Å². The van der Waals surface area contributed by atoms with E-state index in [-0.39, 0.29) is 82.0 Å². The molecule has 6 nitrogen and oxygen atoms in total. The second kappa shape index (κ2) is 15.3. The van der Waals surface area contributed by atoms with Crippen molar-refractivity contribution in [1.82, 2.24) is 0 Å². The summed E-state index contributed by atoms with van der Waals surface area (Å²) < 4.78 is -0.203. The average Bonchev–Trinajstić information content (AvgIpc) is 2.51. The summed E-state index contributed by atoms with van der Waals surface area (Å²) in [4.78, 5) is 23.4. The van der Waals surface area contributed by atoms with Gasteiger partial charge >= 0.3 is 57.4 Å². The van der Waals surface area contributed by atoms with Gasteiger partial charge in [-0.25, -0.2) is 4.79 Å². The molecule has 0 aliphatic carbocycles. The first kappa shape index (κ1) is 27.5. The van der Waals surface area contributed by atoms with E-state index < -0.39 is 24.0 Å². The largest absolute Gasteiger partial charge is 1.00 e. The first-order valence-electron chi connectivity index (χ1n) is 8.97. The number of hydrogen-bond acceptors (Lipinski definition) is 4. The van der Waals surface area contributed by atoms with Crippen LogP contribution in [0, 0.1) is 0 Å². The van der Waals surface area contributed by atoms with Crippen LogP contribution >= 0.6 is 0 Å². The van der Waals surface area contributed by atoms with Crippen molar-refractivity contribution >= 4 is 11.9 Å². The van der Waals surface area contributed by atoms with E-state index in [1.165, 1.54) is 0 Å². The number of carbonyl (C=O) groups excluding carboxylic acids is 1. The van der Waals surface area contributed by atoms with Crippen LogP contribution in [0.25, 0.3) is 0 Å². The molecule has 25 heavy (non-hydrogen) atoms. The topological polar surface area (TPSA) is 97.7 Å². The Labute approximate surface area is 194 Å². The van der Waals surface area contributed by atoms with Crippen LogP contribution in [0.4, 0.5) is 0 Å². The Bertz CT molecular complexity index is 392. The molecule has 2 N–H and O–H groups in total. The zero-order valence-corrected chi connectivity index (χ0v) is 19.4. The first-order chi connectivity index (χ1) is 11.4. The Balaban J connectivity index is 0. The summed E-state index contributed by atoms with van der Waals surface area (Å²) in [7, 11) is 0. The summed E-state index contributed by atoms with van der Waals surface area (Å²) in [6.45, 7) is 5.65. The van der Waals surface area contributed by atoms with Crippen molar-refractivity contribution in [1.29, 1.82) is 0 Å². The van der Waals surface area contributed by atoms with E-state index in [1.807, 2.05) is 12.2 Å². The maximum absolute atomic E-state index is 11.7. The maximum atomic E-state index is 11.7. The normalized spacial score (nSPS) is 16.0. The predicted molar refractivity (Wildman–Crippen MR) is 91.2 cm³/mol. The summed E-state index contributed by atoms with van der Waals surface area (Å²) in [5.74, 6) is -2.30. The van der Waals surface area contributed by atoms with Gasteiger partial charge in [-0.2, -0.15) is 0 Å². The van der Waals surface area contributed by atoms with Gasteiger partial charge in [-0.15, -0.1) is 0 Å². The summed E-state index contributed by atoms with van der Waals surface area (Å²) in [6, 6.07) is -1.85. The fraction of sp³-hybridized carbons (Fsp3) is 0.778. The molecular weight excluding hydrogens is 349 g/mol. The molecule has 0 heterocycles. The molecule has 0 radical (unpaired) electrons. The van der Waals surface area contributed by atoms with Crippen molar-refractivity contribution in [3.05, 3.63) is 12.2 Å². The van der Waals surface area contributed by atoms with Crippen LogP contribution in [0.1, 0.15) is 59.3 Å². The third-order valence-electron chi connectivity index (χ3n) is 4.67. The van der Waals surface area contributed by atoms with Gasteiger partial charge in [0.1, 0.15) is 12.6 Å². The van der Waals surface area contributed by atoms with Crippen molar-refractivity contribution in [3.8, 4) is 0 Å². The molecule has 0 bridgehead atoms. The number of unbranched alkanes of at least 4 members (excludes halogenated alkanes) is 3. The molecule has 0 aromatic carbocycles. The van der Waals surface area contributed by atoms with Crippen molar-refractivity contribution in [2.24, 2.45) is 0 Å². The van der Waals surface area contributed by atoms with Gasteiger partial charge in [0, 0.05) is 12.8 Å². The van der Waals surface area contributed by atoms with Crippen molar-refractivity contribution < 1.29 is 80.8 Å². The van der Waals surface area contributed by atoms with E-state index in [4.69, 9.17) is 0 Å². The molecule has 3 unspecified atom stereocenters. The Morgan fingerprint density at radius 2 is 1.68 bits per heavy atom. The monoisotopic (exact) mass is 382 g/mol. The molecule has 0 aromatic heterocycles. The second-order valence-corrected chi connectivity index (χ2v) is 6.21. The van der Waals surface area contributed by atoms with Crippen LogP contribution in [0.5, 0.6) is 0 Å². The number of carboxylic acid groups (broad SMARTS) is 2. The minimum Gasteiger partial charge on any atom is -0.544 e. The summed E-state index contributed by atoms with van der Waals surface area (Å²) >= 11 is 0. The third kappa shape index (κ3) is 8.64. The van der Waals surface area contributed by atoms with Crippen LogP contribution in [0.3, 0.4) is 0 Å². The molecule has 0 saturated carbocycles. The van der Waals surface area contributed by atoms with Crippen LogP contribution in [-0.2, 0) is 9.59 Å². The van der Waals surface area contributed by atoms with E-state index in [0.29, 0.717) is 6.42 Å². The van der Waals surface area contributed by atoms with Crippen LogP contribution in [0.15, 0.2) is 12.2 Å². The SMILES string of the molecule is CCCCC/C=C/C[N+](CCO)(C(CC)C(=O)[O-])C(CC)C(=O)O.[K+]. The molecule has 0 aliphatic rings. The smallest absolute Gasteiger partial charge is 0.544 e. The molecule has 140 valence electrons. The second-order valence-electron chi connectivity index (χ2n) is 6.21. The van der Waals surface area contributed by atoms with Gasteiger partial charge in [-0.1, -0.05) is 39.7 Å². The summed E-state index contributed by atoms with van der Waals surface area (Å²) in [6.07, 6.45) is 8.60. The minimum absolute atomic E-state index is 0. The summed E-state index contributed by atoms with van der Waals surface area (Å²) in [5, 5.41) is 30.7. The molecular formula is C18H33KNO5+. The number of aliphatic carboxylic acids is 2. The zero-order valence-electron chi connectivity index (χ0n) is 16.2. The number of allylic oxidation sites excluding steroid dienone is 1. The quantitative estimate of drug-likeness (QED) is 0.162. The number of carbonyl (C=O) groups is 2. The van der Waals surface area contributed by atoms with Crippen molar-refractivity contribution in [3.63, 3.8) is 0 Å². The molecule has 0 aromatic rings. The summed E-state index contributed by atoms with van der Waals surface area (Å²) in [5.41, 5.74) is 0. The van der Waals surface area contributed by atoms with Gasteiger partial charge in [0.25, 0.3) is 0 Å². The molecule has 0 aliphatic heterocycles. The van der Waals surface area contributed by atoms with E-state index in [0.717, 1.165) is 25.7 Å². The van der Waals surface area contributed by atoms with Gasteiger partial charge in [0.2, 0.25) is 0 Å². The molecule has 0 fully saturated rings. The number of quaternary nitrogens is 1. The standard InChI is InChI=1S/C18H33NO5.K/c1-4-7-8-9-10-11-12-19(13-14-20,15(5-2)17(21)22)16(6-3)18(23)24;/h10-11,15-16,20H,4-9,12-14H2,1-3H3,(H-,21,22,23,24);/q;+1/b11-10+;. The van der Waals surface area contributed by atoms with E-state index in [2.05, 4.69) is 6.92 Å². The number of nitrogens with zero attached hydrogens (tertiary/aromatic N) is 1. The molecule has 7 heteroatoms. The van der Waals surface area contributed by atoms with Crippen molar-refractivity contribution in [2.75, 3.05) is 19.7 Å². The molecule has 0 rings (SSSR count). The van der Waals surface area contributed by atoms with Gasteiger partial charge < -0.3 is 20.1 Å². The average molecular weight is 383 g/mol. The minimum atomic E-state index is -1.26. The first-order valence-corrected chi connectivity index (χ1v) is 8.97. The molecule has 0 saturated heterocycles. The molecule has 3 atom stereocenters. The molecule has 0 spiro atoms. The fourth-order valence-electron chi connectivity index (χ4n) is 3.46. The van der Waals surface area contributed by atoms with Gasteiger partial charge in [0.05, 0.1) is 19.1 Å². The predicted octanol–water partition coefficient (Wildman–Crippen LogP) is -1.67.